The first-order valence-electron chi connectivity index (χ1n) is 10.3. The van der Waals surface area contributed by atoms with Gasteiger partial charge in [-0.25, -0.2) is 13.2 Å². The number of ether oxygens (including phenoxy) is 1. The third kappa shape index (κ3) is 6.57. The fourth-order valence-electron chi connectivity index (χ4n) is 3.00. The molecule has 0 bridgehead atoms. The molecule has 6 nitrogen and oxygen atoms in total. The van der Waals surface area contributed by atoms with Crippen molar-refractivity contribution in [3.63, 3.8) is 0 Å². The number of benzene rings is 2. The van der Waals surface area contributed by atoms with E-state index in [0.29, 0.717) is 17.9 Å². The molecule has 0 fully saturated rings. The van der Waals surface area contributed by atoms with Gasteiger partial charge in [0.1, 0.15) is 13.2 Å². The highest BCUT2D eigenvalue weighted by atomic mass is 32.2. The van der Waals surface area contributed by atoms with Gasteiger partial charge < -0.3 is 9.64 Å². The van der Waals surface area contributed by atoms with Crippen LogP contribution in [0.1, 0.15) is 50.5 Å². The number of esters is 1. The second kappa shape index (κ2) is 10.1. The van der Waals surface area contributed by atoms with Crippen LogP contribution in [-0.4, -0.2) is 40.6 Å². The third-order valence-corrected chi connectivity index (χ3v) is 6.49. The lowest BCUT2D eigenvalue weighted by Crippen LogP contribution is -3.11. The molecule has 0 saturated carbocycles. The van der Waals surface area contributed by atoms with Crippen molar-refractivity contribution in [3.05, 3.63) is 59.7 Å². The lowest BCUT2D eigenvalue weighted by Gasteiger charge is -2.19. The van der Waals surface area contributed by atoms with E-state index in [9.17, 15) is 13.2 Å². The summed E-state index contributed by atoms with van der Waals surface area (Å²) in [6.07, 6.45) is 0. The van der Waals surface area contributed by atoms with E-state index in [1.165, 1.54) is 4.90 Å². The summed E-state index contributed by atoms with van der Waals surface area (Å²) in [5, 5.41) is 0. The summed E-state index contributed by atoms with van der Waals surface area (Å²) in [4.78, 5) is 13.7. The lowest BCUT2D eigenvalue weighted by atomic mass is 9.87. The van der Waals surface area contributed by atoms with Crippen molar-refractivity contribution in [3.8, 4) is 0 Å². The SMILES string of the molecule is CC[NH+](CC)CCOC(=O)c1ccc(NS(=O)(=O)c2ccc(C(C)(C)C)cc2)cc1. The van der Waals surface area contributed by atoms with Crippen LogP contribution in [-0.2, 0) is 20.2 Å². The minimum Gasteiger partial charge on any atom is -0.456 e. The van der Waals surface area contributed by atoms with E-state index in [2.05, 4.69) is 39.3 Å². The number of anilines is 1. The summed E-state index contributed by atoms with van der Waals surface area (Å²) in [5.74, 6) is -0.409. The summed E-state index contributed by atoms with van der Waals surface area (Å²) < 4.78 is 33.1. The van der Waals surface area contributed by atoms with E-state index in [-0.39, 0.29) is 10.3 Å². The number of hydrogen-bond donors (Lipinski definition) is 2. The van der Waals surface area contributed by atoms with E-state index in [1.807, 2.05) is 12.1 Å². The Kier molecular flexibility index (Phi) is 8.03. The number of carbonyl (C=O) groups excluding carboxylic acids is 1. The smallest absolute Gasteiger partial charge is 0.338 e. The first-order chi connectivity index (χ1) is 14.1. The van der Waals surface area contributed by atoms with Gasteiger partial charge in [-0.05, 0) is 61.2 Å². The molecule has 0 aliphatic heterocycles. The summed E-state index contributed by atoms with van der Waals surface area (Å²) in [6, 6.07) is 13.1. The fourth-order valence-corrected chi connectivity index (χ4v) is 4.06. The molecule has 2 aromatic rings. The molecular formula is C23H33N2O4S+. The highest BCUT2D eigenvalue weighted by Crippen LogP contribution is 2.24. The maximum absolute atomic E-state index is 12.6. The maximum atomic E-state index is 12.6. The number of sulfonamides is 1. The Morgan fingerprint density at radius 1 is 0.967 bits per heavy atom. The molecule has 0 amide bonds. The van der Waals surface area contributed by atoms with Gasteiger partial charge in [0, 0.05) is 5.69 Å². The van der Waals surface area contributed by atoms with E-state index in [4.69, 9.17) is 4.74 Å². The van der Waals surface area contributed by atoms with Crippen molar-refractivity contribution in [2.24, 2.45) is 0 Å². The molecule has 0 radical (unpaired) electrons. The van der Waals surface area contributed by atoms with Gasteiger partial charge in [-0.1, -0.05) is 32.9 Å². The minimum atomic E-state index is -3.71. The quantitative estimate of drug-likeness (QED) is 0.596. The molecule has 7 heteroatoms. The van der Waals surface area contributed by atoms with Crippen LogP contribution in [0.3, 0.4) is 0 Å². The predicted octanol–water partition coefficient (Wildman–Crippen LogP) is 2.87. The monoisotopic (exact) mass is 433 g/mol. The largest absolute Gasteiger partial charge is 0.456 e. The molecule has 0 aliphatic rings. The molecule has 2 rings (SSSR count). The zero-order chi connectivity index (χ0) is 22.4. The molecule has 0 spiro atoms. The molecule has 0 aliphatic carbocycles. The number of carbonyl (C=O) groups is 1. The predicted molar refractivity (Wildman–Crippen MR) is 120 cm³/mol. The topological polar surface area (TPSA) is 76.9 Å². The van der Waals surface area contributed by atoms with Gasteiger partial charge >= 0.3 is 5.97 Å². The molecule has 0 heterocycles. The maximum Gasteiger partial charge on any atom is 0.338 e. The van der Waals surface area contributed by atoms with Crippen molar-refractivity contribution < 1.29 is 22.8 Å². The van der Waals surface area contributed by atoms with Gasteiger partial charge in [-0.3, -0.25) is 4.72 Å². The van der Waals surface area contributed by atoms with Crippen LogP contribution >= 0.6 is 0 Å². The van der Waals surface area contributed by atoms with Crippen LogP contribution in [0.5, 0.6) is 0 Å². The van der Waals surface area contributed by atoms with E-state index in [0.717, 1.165) is 25.2 Å². The average molecular weight is 434 g/mol. The Labute approximate surface area is 180 Å². The number of quaternary nitrogens is 1. The molecule has 164 valence electrons. The number of rotatable bonds is 9. The molecule has 0 unspecified atom stereocenters. The van der Waals surface area contributed by atoms with Gasteiger partial charge in [0.2, 0.25) is 0 Å². The Bertz CT molecular complexity index is 927. The van der Waals surface area contributed by atoms with Crippen LogP contribution in [0.4, 0.5) is 5.69 Å². The third-order valence-electron chi connectivity index (χ3n) is 5.09. The normalized spacial score (nSPS) is 12.1. The second-order valence-corrected chi connectivity index (χ2v) is 9.98. The zero-order valence-corrected chi connectivity index (χ0v) is 19.3. The molecule has 30 heavy (non-hydrogen) atoms. The van der Waals surface area contributed by atoms with Crippen molar-refractivity contribution in [2.75, 3.05) is 31.0 Å². The molecule has 0 atom stereocenters. The molecule has 2 N–H and O–H groups in total. The summed E-state index contributed by atoms with van der Waals surface area (Å²) in [7, 11) is -3.71. The molecule has 2 aromatic carbocycles. The van der Waals surface area contributed by atoms with Crippen LogP contribution in [0.15, 0.2) is 53.4 Å². The fraction of sp³-hybridized carbons (Fsp3) is 0.435. The number of hydrogen-bond acceptors (Lipinski definition) is 4. The van der Waals surface area contributed by atoms with Crippen molar-refractivity contribution in [1.29, 1.82) is 0 Å². The van der Waals surface area contributed by atoms with Gasteiger partial charge in [0.05, 0.1) is 23.5 Å². The van der Waals surface area contributed by atoms with Crippen LogP contribution < -0.4 is 9.62 Å². The van der Waals surface area contributed by atoms with Gasteiger partial charge in [0.15, 0.2) is 0 Å². The van der Waals surface area contributed by atoms with Gasteiger partial charge in [0.25, 0.3) is 10.0 Å². The van der Waals surface area contributed by atoms with E-state index in [1.54, 1.807) is 36.4 Å². The van der Waals surface area contributed by atoms with Crippen LogP contribution in [0.2, 0.25) is 0 Å². The first-order valence-corrected chi connectivity index (χ1v) is 11.8. The Hall–Kier alpha value is -2.38. The standard InChI is InChI=1S/C23H32N2O4S/c1-6-25(7-2)16-17-29-22(26)18-8-12-20(13-9-18)24-30(27,28)21-14-10-19(11-15-21)23(3,4)5/h8-15,24H,6-7,16-17H2,1-5H3/p+1. The molecule has 0 saturated heterocycles. The first kappa shape index (κ1) is 23.9. The summed E-state index contributed by atoms with van der Waals surface area (Å²) in [5.41, 5.74) is 1.79. The zero-order valence-electron chi connectivity index (χ0n) is 18.5. The van der Waals surface area contributed by atoms with Gasteiger partial charge in [-0.15, -0.1) is 0 Å². The second-order valence-electron chi connectivity index (χ2n) is 8.30. The Morgan fingerprint density at radius 2 is 1.53 bits per heavy atom. The Balaban J connectivity index is 2.00. The van der Waals surface area contributed by atoms with Gasteiger partial charge in [-0.2, -0.15) is 0 Å². The number of nitrogens with one attached hydrogen (secondary N) is 2. The van der Waals surface area contributed by atoms with Crippen LogP contribution in [0.25, 0.3) is 0 Å². The molecular weight excluding hydrogens is 400 g/mol. The highest BCUT2D eigenvalue weighted by Gasteiger charge is 2.18. The number of likely N-dealkylation sites (N-methyl/N-ethyl adjacent to an activating group) is 1. The van der Waals surface area contributed by atoms with Crippen LogP contribution in [0, 0.1) is 0 Å². The summed E-state index contributed by atoms with van der Waals surface area (Å²) in [6.45, 7) is 13.5. The van der Waals surface area contributed by atoms with Crippen molar-refractivity contribution in [1.82, 2.24) is 0 Å². The minimum absolute atomic E-state index is 0.0488. The van der Waals surface area contributed by atoms with E-state index >= 15 is 0 Å². The van der Waals surface area contributed by atoms with E-state index < -0.39 is 16.0 Å². The molecule has 0 aromatic heterocycles. The Morgan fingerprint density at radius 3 is 2.03 bits per heavy atom. The summed E-state index contributed by atoms with van der Waals surface area (Å²) >= 11 is 0. The van der Waals surface area contributed by atoms with Crippen molar-refractivity contribution in [2.45, 2.75) is 44.9 Å². The average Bonchev–Trinajstić information content (AvgIpc) is 2.71. The highest BCUT2D eigenvalue weighted by molar-refractivity contribution is 7.92. The van der Waals surface area contributed by atoms with Crippen molar-refractivity contribution >= 4 is 21.7 Å². The lowest BCUT2D eigenvalue weighted by molar-refractivity contribution is -0.896.